The Morgan fingerprint density at radius 1 is 1.47 bits per heavy atom. The maximum absolute atomic E-state index is 13.4. The molecule has 0 atom stereocenters. The van der Waals surface area contributed by atoms with Crippen LogP contribution in [0.15, 0.2) is 18.2 Å². The molecule has 0 unspecified atom stereocenters. The standard InChI is InChI=1S/C12H15FN2O4/c1-3-15(7-11(16)17)12(18)14-8-4-5-10(19-2)9(13)6-8/h4-6H,3,7H2,1-2H3,(H,14,18)(H,16,17). The van der Waals surface area contributed by atoms with Crippen LogP contribution in [0.4, 0.5) is 14.9 Å². The first-order valence-electron chi connectivity index (χ1n) is 5.59. The van der Waals surface area contributed by atoms with Gasteiger partial charge in [0.2, 0.25) is 0 Å². The smallest absolute Gasteiger partial charge is 0.323 e. The van der Waals surface area contributed by atoms with Crippen molar-refractivity contribution >= 4 is 17.7 Å². The van der Waals surface area contributed by atoms with Gasteiger partial charge in [-0.1, -0.05) is 0 Å². The van der Waals surface area contributed by atoms with Crippen molar-refractivity contribution in [3.05, 3.63) is 24.0 Å². The summed E-state index contributed by atoms with van der Waals surface area (Å²) in [6.07, 6.45) is 0. The van der Waals surface area contributed by atoms with E-state index in [1.165, 1.54) is 19.2 Å². The van der Waals surface area contributed by atoms with Crippen molar-refractivity contribution in [3.63, 3.8) is 0 Å². The average molecular weight is 270 g/mol. The Balaban J connectivity index is 2.75. The van der Waals surface area contributed by atoms with E-state index in [-0.39, 0.29) is 18.0 Å². The van der Waals surface area contributed by atoms with E-state index in [0.717, 1.165) is 11.0 Å². The molecule has 0 spiro atoms. The monoisotopic (exact) mass is 270 g/mol. The van der Waals surface area contributed by atoms with E-state index >= 15 is 0 Å². The molecule has 0 saturated carbocycles. The third-order valence-electron chi connectivity index (χ3n) is 2.40. The highest BCUT2D eigenvalue weighted by molar-refractivity contribution is 5.91. The van der Waals surface area contributed by atoms with Gasteiger partial charge in [-0.15, -0.1) is 0 Å². The van der Waals surface area contributed by atoms with Crippen molar-refractivity contribution in [2.24, 2.45) is 0 Å². The number of anilines is 1. The molecule has 0 aromatic heterocycles. The van der Waals surface area contributed by atoms with Crippen LogP contribution < -0.4 is 10.1 Å². The number of hydrogen-bond acceptors (Lipinski definition) is 3. The Morgan fingerprint density at radius 2 is 2.16 bits per heavy atom. The number of aliphatic carboxylic acids is 1. The van der Waals surface area contributed by atoms with Gasteiger partial charge >= 0.3 is 12.0 Å². The molecule has 104 valence electrons. The molecular weight excluding hydrogens is 255 g/mol. The van der Waals surface area contributed by atoms with Gasteiger partial charge in [0.15, 0.2) is 11.6 Å². The van der Waals surface area contributed by atoms with E-state index in [1.807, 2.05) is 0 Å². The summed E-state index contributed by atoms with van der Waals surface area (Å²) in [5.74, 6) is -1.66. The number of urea groups is 1. The van der Waals surface area contributed by atoms with Crippen LogP contribution in [-0.4, -0.2) is 42.2 Å². The number of benzene rings is 1. The van der Waals surface area contributed by atoms with E-state index in [2.05, 4.69) is 5.32 Å². The first kappa shape index (κ1) is 14.7. The van der Waals surface area contributed by atoms with Gasteiger partial charge < -0.3 is 20.1 Å². The number of likely N-dealkylation sites (N-methyl/N-ethyl adjacent to an activating group) is 1. The molecule has 1 rings (SSSR count). The Hall–Kier alpha value is -2.31. The van der Waals surface area contributed by atoms with Gasteiger partial charge in [0.05, 0.1) is 7.11 Å². The molecule has 6 nitrogen and oxygen atoms in total. The van der Waals surface area contributed by atoms with Crippen LogP contribution in [0.2, 0.25) is 0 Å². The van der Waals surface area contributed by atoms with Crippen LogP contribution in [-0.2, 0) is 4.79 Å². The number of carboxylic acids is 1. The van der Waals surface area contributed by atoms with Gasteiger partial charge in [0, 0.05) is 18.3 Å². The highest BCUT2D eigenvalue weighted by atomic mass is 19.1. The molecule has 0 saturated heterocycles. The lowest BCUT2D eigenvalue weighted by molar-refractivity contribution is -0.137. The minimum atomic E-state index is -1.11. The topological polar surface area (TPSA) is 78.9 Å². The predicted octanol–water partition coefficient (Wildman–Crippen LogP) is 1.77. The normalized spacial score (nSPS) is 9.84. The van der Waals surface area contributed by atoms with Crippen LogP contribution in [0.25, 0.3) is 0 Å². The predicted molar refractivity (Wildman–Crippen MR) is 66.9 cm³/mol. The molecule has 19 heavy (non-hydrogen) atoms. The van der Waals surface area contributed by atoms with Crippen LogP contribution >= 0.6 is 0 Å². The first-order chi connectivity index (χ1) is 8.97. The van der Waals surface area contributed by atoms with E-state index in [9.17, 15) is 14.0 Å². The molecule has 1 aromatic rings. The number of carbonyl (C=O) groups is 2. The lowest BCUT2D eigenvalue weighted by Crippen LogP contribution is -2.38. The zero-order valence-corrected chi connectivity index (χ0v) is 10.6. The second kappa shape index (κ2) is 6.58. The summed E-state index contributed by atoms with van der Waals surface area (Å²) in [7, 11) is 1.34. The number of amides is 2. The fraction of sp³-hybridized carbons (Fsp3) is 0.333. The molecule has 0 heterocycles. The molecule has 2 N–H and O–H groups in total. The number of hydrogen-bond donors (Lipinski definition) is 2. The molecule has 0 aliphatic carbocycles. The highest BCUT2D eigenvalue weighted by Crippen LogP contribution is 2.20. The maximum Gasteiger partial charge on any atom is 0.323 e. The fourth-order valence-corrected chi connectivity index (χ4v) is 1.44. The molecule has 1 aromatic carbocycles. The van der Waals surface area contributed by atoms with Crippen LogP contribution in [0.1, 0.15) is 6.92 Å². The number of rotatable bonds is 5. The molecule has 0 radical (unpaired) electrons. The van der Waals surface area contributed by atoms with Crippen molar-refractivity contribution in [2.75, 3.05) is 25.5 Å². The second-order valence-electron chi connectivity index (χ2n) is 3.69. The quantitative estimate of drug-likeness (QED) is 0.854. The van der Waals surface area contributed by atoms with Gasteiger partial charge in [-0.05, 0) is 19.1 Å². The van der Waals surface area contributed by atoms with Crippen molar-refractivity contribution in [2.45, 2.75) is 6.92 Å². The Bertz CT molecular complexity index is 479. The van der Waals surface area contributed by atoms with Crippen molar-refractivity contribution in [1.82, 2.24) is 4.90 Å². The minimum absolute atomic E-state index is 0.0656. The third-order valence-corrected chi connectivity index (χ3v) is 2.40. The average Bonchev–Trinajstić information content (AvgIpc) is 2.35. The zero-order valence-electron chi connectivity index (χ0n) is 10.6. The van der Waals surface area contributed by atoms with Crippen LogP contribution in [0.5, 0.6) is 5.75 Å². The number of ether oxygens (including phenoxy) is 1. The summed E-state index contributed by atoms with van der Waals surface area (Å²) in [5, 5.41) is 11.1. The van der Waals surface area contributed by atoms with Gasteiger partial charge in [0.25, 0.3) is 0 Å². The minimum Gasteiger partial charge on any atom is -0.494 e. The molecular formula is C12H15FN2O4. The largest absolute Gasteiger partial charge is 0.494 e. The number of nitrogens with one attached hydrogen (secondary N) is 1. The molecule has 2 amide bonds. The van der Waals surface area contributed by atoms with E-state index in [1.54, 1.807) is 6.92 Å². The van der Waals surface area contributed by atoms with Crippen LogP contribution in [0, 0.1) is 5.82 Å². The van der Waals surface area contributed by atoms with Crippen LogP contribution in [0.3, 0.4) is 0 Å². The SMILES string of the molecule is CCN(CC(=O)O)C(=O)Nc1ccc(OC)c(F)c1. The zero-order chi connectivity index (χ0) is 14.4. The summed E-state index contributed by atoms with van der Waals surface area (Å²) in [6.45, 7) is 1.47. The highest BCUT2D eigenvalue weighted by Gasteiger charge is 2.15. The Labute approximate surface area is 109 Å². The van der Waals surface area contributed by atoms with Gasteiger partial charge in [-0.25, -0.2) is 9.18 Å². The van der Waals surface area contributed by atoms with Crippen molar-refractivity contribution in [1.29, 1.82) is 0 Å². The lowest BCUT2D eigenvalue weighted by atomic mass is 10.3. The summed E-state index contributed by atoms with van der Waals surface area (Å²) in [6, 6.07) is 3.34. The summed E-state index contributed by atoms with van der Waals surface area (Å²) < 4.78 is 18.2. The number of halogens is 1. The summed E-state index contributed by atoms with van der Waals surface area (Å²) in [4.78, 5) is 23.4. The van der Waals surface area contributed by atoms with Gasteiger partial charge in [-0.2, -0.15) is 0 Å². The number of nitrogens with zero attached hydrogens (tertiary/aromatic N) is 1. The molecule has 0 fully saturated rings. The maximum atomic E-state index is 13.4. The van der Waals surface area contributed by atoms with Gasteiger partial charge in [-0.3, -0.25) is 4.79 Å². The van der Waals surface area contributed by atoms with E-state index in [4.69, 9.17) is 9.84 Å². The molecule has 0 aliphatic rings. The summed E-state index contributed by atoms with van der Waals surface area (Å²) >= 11 is 0. The van der Waals surface area contributed by atoms with Crippen molar-refractivity contribution in [3.8, 4) is 5.75 Å². The number of carbonyl (C=O) groups excluding carboxylic acids is 1. The van der Waals surface area contributed by atoms with Crippen molar-refractivity contribution < 1.29 is 23.8 Å². The number of methoxy groups -OCH3 is 1. The first-order valence-corrected chi connectivity index (χ1v) is 5.59. The molecule has 0 aliphatic heterocycles. The third kappa shape index (κ3) is 4.13. The molecule has 0 bridgehead atoms. The Morgan fingerprint density at radius 3 is 2.63 bits per heavy atom. The summed E-state index contributed by atoms with van der Waals surface area (Å²) in [5.41, 5.74) is 0.229. The van der Waals surface area contributed by atoms with E-state index < -0.39 is 24.4 Å². The van der Waals surface area contributed by atoms with E-state index in [0.29, 0.717) is 0 Å². The second-order valence-corrected chi connectivity index (χ2v) is 3.69. The fourth-order valence-electron chi connectivity index (χ4n) is 1.44. The lowest BCUT2D eigenvalue weighted by Gasteiger charge is -2.19. The Kier molecular flexibility index (Phi) is 5.11. The number of carboxylic acid groups (broad SMARTS) is 1. The molecule has 7 heteroatoms. The van der Waals surface area contributed by atoms with Gasteiger partial charge in [0.1, 0.15) is 6.54 Å².